The van der Waals surface area contributed by atoms with Crippen LogP contribution in [0.5, 0.6) is 0 Å². The van der Waals surface area contributed by atoms with E-state index >= 15 is 0 Å². The Kier molecular flexibility index (Phi) is 5.48. The number of hydrogen-bond acceptors (Lipinski definition) is 5. The largest absolute Gasteiger partial charge is 0.421 e. The van der Waals surface area contributed by atoms with Gasteiger partial charge in [-0.1, -0.05) is 6.92 Å². The Labute approximate surface area is 128 Å². The minimum absolute atomic E-state index is 0.306. The van der Waals surface area contributed by atoms with Crippen LogP contribution in [0.2, 0.25) is 0 Å². The molecule has 2 rings (SSSR count). The van der Waals surface area contributed by atoms with Crippen LogP contribution < -0.4 is 10.6 Å². The quantitative estimate of drug-likeness (QED) is 0.759. The second-order valence-electron chi connectivity index (χ2n) is 4.95. The van der Waals surface area contributed by atoms with Crippen LogP contribution in [0.1, 0.15) is 26.2 Å². The number of hydrogen-bond donors (Lipinski definition) is 3. The molecular formula is C15H20N4O3. The summed E-state index contributed by atoms with van der Waals surface area (Å²) in [6, 6.07) is 6.83. The maximum absolute atomic E-state index is 11.6. The number of aryl methyl sites for hydroxylation is 1. The maximum Gasteiger partial charge on any atom is 0.319 e. The lowest BCUT2D eigenvalue weighted by atomic mass is 10.2. The molecule has 0 spiro atoms. The third-order valence-corrected chi connectivity index (χ3v) is 3.01. The van der Waals surface area contributed by atoms with Gasteiger partial charge in [-0.25, -0.2) is 4.79 Å². The second-order valence-corrected chi connectivity index (χ2v) is 4.95. The Morgan fingerprint density at radius 3 is 2.64 bits per heavy atom. The third-order valence-electron chi connectivity index (χ3n) is 3.01. The molecule has 0 radical (unpaired) electrons. The average Bonchev–Trinajstić information content (AvgIpc) is 2.96. The van der Waals surface area contributed by atoms with Gasteiger partial charge in [0.2, 0.25) is 11.8 Å². The summed E-state index contributed by atoms with van der Waals surface area (Å²) < 4.78 is 5.47. The molecule has 1 aromatic heterocycles. The first-order chi connectivity index (χ1) is 10.6. The van der Waals surface area contributed by atoms with Gasteiger partial charge in [-0.3, -0.25) is 0 Å². The number of rotatable bonds is 6. The van der Waals surface area contributed by atoms with E-state index in [1.54, 1.807) is 31.2 Å². The first-order valence-electron chi connectivity index (χ1n) is 7.24. The van der Waals surface area contributed by atoms with E-state index < -0.39 is 6.10 Å². The van der Waals surface area contributed by atoms with Gasteiger partial charge >= 0.3 is 6.03 Å². The van der Waals surface area contributed by atoms with Gasteiger partial charge in [0.15, 0.2) is 0 Å². The molecule has 1 atom stereocenters. The van der Waals surface area contributed by atoms with Gasteiger partial charge in [-0.2, -0.15) is 0 Å². The lowest BCUT2D eigenvalue weighted by molar-refractivity contribution is 0.184. The Morgan fingerprint density at radius 1 is 1.32 bits per heavy atom. The van der Waals surface area contributed by atoms with E-state index in [9.17, 15) is 4.79 Å². The number of aromatic nitrogens is 2. The van der Waals surface area contributed by atoms with Gasteiger partial charge in [-0.15, -0.1) is 10.2 Å². The molecule has 0 saturated heterocycles. The summed E-state index contributed by atoms with van der Waals surface area (Å²) in [6.07, 6.45) is 0.782. The first kappa shape index (κ1) is 16.0. The fourth-order valence-corrected chi connectivity index (χ4v) is 1.78. The van der Waals surface area contributed by atoms with E-state index in [4.69, 9.17) is 9.52 Å². The topological polar surface area (TPSA) is 100 Å². The summed E-state index contributed by atoms with van der Waals surface area (Å²) >= 11 is 0. The van der Waals surface area contributed by atoms with Crippen molar-refractivity contribution in [2.24, 2.45) is 0 Å². The third kappa shape index (κ3) is 4.56. The molecule has 1 aromatic carbocycles. The van der Waals surface area contributed by atoms with Crippen molar-refractivity contribution in [2.75, 3.05) is 11.9 Å². The SMILES string of the molecule is CCc1nnc(-c2ccc(NC(=O)NCCC(C)O)cc2)o1. The summed E-state index contributed by atoms with van der Waals surface area (Å²) in [5.74, 6) is 1.06. The van der Waals surface area contributed by atoms with Crippen LogP contribution in [0, 0.1) is 0 Å². The molecule has 0 aliphatic heterocycles. The number of nitrogens with zero attached hydrogens (tertiary/aromatic N) is 2. The zero-order valence-electron chi connectivity index (χ0n) is 12.7. The monoisotopic (exact) mass is 304 g/mol. The molecule has 118 valence electrons. The van der Waals surface area contributed by atoms with E-state index in [1.165, 1.54) is 0 Å². The van der Waals surface area contributed by atoms with Crippen molar-refractivity contribution in [3.63, 3.8) is 0 Å². The van der Waals surface area contributed by atoms with Gasteiger partial charge in [0, 0.05) is 24.2 Å². The van der Waals surface area contributed by atoms with Gasteiger partial charge < -0.3 is 20.2 Å². The summed E-state index contributed by atoms with van der Waals surface area (Å²) in [5.41, 5.74) is 1.46. The number of urea groups is 1. The number of nitrogens with one attached hydrogen (secondary N) is 2. The zero-order valence-corrected chi connectivity index (χ0v) is 12.7. The van der Waals surface area contributed by atoms with Crippen molar-refractivity contribution < 1.29 is 14.3 Å². The Morgan fingerprint density at radius 2 is 2.05 bits per heavy atom. The molecule has 2 aromatic rings. The Balaban J connectivity index is 1.90. The van der Waals surface area contributed by atoms with Crippen LogP contribution in [0.25, 0.3) is 11.5 Å². The second kappa shape index (κ2) is 7.56. The molecule has 7 nitrogen and oxygen atoms in total. The van der Waals surface area contributed by atoms with E-state index in [-0.39, 0.29) is 6.03 Å². The fraction of sp³-hybridized carbons (Fsp3) is 0.400. The number of anilines is 1. The average molecular weight is 304 g/mol. The van der Waals surface area contributed by atoms with Gasteiger partial charge in [0.25, 0.3) is 0 Å². The van der Waals surface area contributed by atoms with E-state index in [1.807, 2.05) is 6.92 Å². The van der Waals surface area contributed by atoms with Crippen LogP contribution >= 0.6 is 0 Å². The highest BCUT2D eigenvalue weighted by atomic mass is 16.4. The van der Waals surface area contributed by atoms with Crippen LogP contribution in [0.15, 0.2) is 28.7 Å². The van der Waals surface area contributed by atoms with Crippen molar-refractivity contribution >= 4 is 11.7 Å². The van der Waals surface area contributed by atoms with Gasteiger partial charge in [0.05, 0.1) is 6.10 Å². The molecule has 2 amide bonds. The van der Waals surface area contributed by atoms with Gasteiger partial charge in [-0.05, 0) is 37.6 Å². The van der Waals surface area contributed by atoms with Crippen molar-refractivity contribution in [1.82, 2.24) is 15.5 Å². The lowest BCUT2D eigenvalue weighted by Gasteiger charge is -2.08. The van der Waals surface area contributed by atoms with Crippen molar-refractivity contribution in [3.8, 4) is 11.5 Å². The van der Waals surface area contributed by atoms with Crippen molar-refractivity contribution in [3.05, 3.63) is 30.2 Å². The van der Waals surface area contributed by atoms with Crippen LogP contribution in [0.3, 0.4) is 0 Å². The summed E-state index contributed by atoms with van der Waals surface area (Å²) in [5, 5.41) is 22.4. The van der Waals surface area contributed by atoms with Crippen LogP contribution in [0.4, 0.5) is 10.5 Å². The normalized spacial score (nSPS) is 12.0. The van der Waals surface area contributed by atoms with E-state index in [2.05, 4.69) is 20.8 Å². The molecule has 7 heteroatoms. The highest BCUT2D eigenvalue weighted by Crippen LogP contribution is 2.20. The van der Waals surface area contributed by atoms with Crippen LogP contribution in [-0.4, -0.2) is 34.0 Å². The number of carbonyl (C=O) groups excluding carboxylic acids is 1. The number of carbonyl (C=O) groups is 1. The van der Waals surface area contributed by atoms with E-state index in [0.717, 1.165) is 5.56 Å². The highest BCUT2D eigenvalue weighted by molar-refractivity contribution is 5.89. The molecule has 0 saturated carbocycles. The minimum atomic E-state index is -0.429. The zero-order chi connectivity index (χ0) is 15.9. The molecule has 0 aliphatic carbocycles. The first-order valence-corrected chi connectivity index (χ1v) is 7.24. The Hall–Kier alpha value is -2.41. The molecular weight excluding hydrogens is 284 g/mol. The number of amides is 2. The van der Waals surface area contributed by atoms with Crippen molar-refractivity contribution in [1.29, 1.82) is 0 Å². The number of benzene rings is 1. The van der Waals surface area contributed by atoms with Gasteiger partial charge in [0.1, 0.15) is 0 Å². The number of aliphatic hydroxyl groups excluding tert-OH is 1. The smallest absolute Gasteiger partial charge is 0.319 e. The molecule has 0 aliphatic rings. The van der Waals surface area contributed by atoms with E-state index in [0.29, 0.717) is 36.9 Å². The molecule has 22 heavy (non-hydrogen) atoms. The summed E-state index contributed by atoms with van der Waals surface area (Å²) in [7, 11) is 0. The number of aliphatic hydroxyl groups is 1. The van der Waals surface area contributed by atoms with Crippen molar-refractivity contribution in [2.45, 2.75) is 32.8 Å². The minimum Gasteiger partial charge on any atom is -0.421 e. The maximum atomic E-state index is 11.6. The lowest BCUT2D eigenvalue weighted by Crippen LogP contribution is -2.30. The molecule has 1 unspecified atom stereocenters. The van der Waals surface area contributed by atoms with Crippen LogP contribution in [-0.2, 0) is 6.42 Å². The fourth-order valence-electron chi connectivity index (χ4n) is 1.78. The summed E-state index contributed by atoms with van der Waals surface area (Å²) in [4.78, 5) is 11.6. The predicted molar refractivity (Wildman–Crippen MR) is 82.4 cm³/mol. The molecule has 3 N–H and O–H groups in total. The molecule has 0 fully saturated rings. The summed E-state index contributed by atoms with van der Waals surface area (Å²) in [6.45, 7) is 4.05. The Bertz CT molecular complexity index is 608. The predicted octanol–water partition coefficient (Wildman–Crippen LogP) is 2.19. The standard InChI is InChI=1S/C15H20N4O3/c1-3-13-18-19-14(22-13)11-4-6-12(7-5-11)17-15(21)16-9-8-10(2)20/h4-7,10,20H,3,8-9H2,1-2H3,(H2,16,17,21). The molecule has 0 bridgehead atoms. The molecule has 1 heterocycles. The highest BCUT2D eigenvalue weighted by Gasteiger charge is 2.08.